The Kier molecular flexibility index (Phi) is 8.15. The Morgan fingerprint density at radius 3 is 2.38 bits per heavy atom. The first-order valence-electron chi connectivity index (χ1n) is 7.08. The number of ether oxygens (including phenoxy) is 2. The zero-order valence-electron chi connectivity index (χ0n) is 12.2. The van der Waals surface area contributed by atoms with E-state index in [0.29, 0.717) is 6.61 Å². The molecular weight excluding hydrogens is 283 g/mol. The summed E-state index contributed by atoms with van der Waals surface area (Å²) in [6, 6.07) is 7.69. The highest BCUT2D eigenvalue weighted by atomic mass is 19.4. The Morgan fingerprint density at radius 1 is 1.05 bits per heavy atom. The molecule has 0 atom stereocenters. The van der Waals surface area contributed by atoms with Gasteiger partial charge in [-0.15, -0.1) is 0 Å². The third kappa shape index (κ3) is 9.31. The second kappa shape index (κ2) is 9.63. The van der Waals surface area contributed by atoms with Crippen molar-refractivity contribution in [1.29, 1.82) is 0 Å². The predicted molar refractivity (Wildman–Crippen MR) is 75.4 cm³/mol. The Balaban J connectivity index is 2.07. The zero-order valence-corrected chi connectivity index (χ0v) is 12.2. The van der Waals surface area contributed by atoms with Crippen LogP contribution in [0.1, 0.15) is 25.3 Å². The Hall–Kier alpha value is -1.27. The molecule has 0 saturated carbocycles. The Labute approximate surface area is 123 Å². The molecule has 0 aliphatic carbocycles. The molecule has 1 N–H and O–H groups in total. The molecule has 1 aromatic carbocycles. The normalized spacial score (nSPS) is 11.6. The summed E-state index contributed by atoms with van der Waals surface area (Å²) in [5.41, 5.74) is 1.17. The van der Waals surface area contributed by atoms with Crippen molar-refractivity contribution in [3.05, 3.63) is 29.8 Å². The molecule has 0 aliphatic rings. The first-order valence-corrected chi connectivity index (χ1v) is 7.08. The summed E-state index contributed by atoms with van der Waals surface area (Å²) in [5.74, 6) is 0.731. The van der Waals surface area contributed by atoms with Crippen molar-refractivity contribution in [3.63, 3.8) is 0 Å². The van der Waals surface area contributed by atoms with E-state index in [9.17, 15) is 13.2 Å². The van der Waals surface area contributed by atoms with Crippen LogP contribution in [0.15, 0.2) is 24.3 Å². The lowest BCUT2D eigenvalue weighted by Crippen LogP contribution is -2.12. The van der Waals surface area contributed by atoms with Gasteiger partial charge in [0.05, 0.1) is 6.61 Å². The van der Waals surface area contributed by atoms with E-state index in [4.69, 9.17) is 9.47 Å². The Bertz CT molecular complexity index is 380. The maximum atomic E-state index is 11.9. The Morgan fingerprint density at radius 2 is 1.76 bits per heavy atom. The standard InChI is InChI=1S/C15H22F3NO2/c1-2-19-12-13-4-6-14(7-5-13)21-11-10-20-9-3-8-15(16,17)18/h4-7,19H,2-3,8-12H2,1H3. The third-order valence-electron chi connectivity index (χ3n) is 2.75. The maximum absolute atomic E-state index is 11.9. The topological polar surface area (TPSA) is 30.5 Å². The summed E-state index contributed by atoms with van der Waals surface area (Å²) >= 11 is 0. The van der Waals surface area contributed by atoms with Crippen LogP contribution in [-0.2, 0) is 11.3 Å². The highest BCUT2D eigenvalue weighted by Crippen LogP contribution is 2.21. The molecule has 0 aromatic heterocycles. The molecule has 1 aromatic rings. The maximum Gasteiger partial charge on any atom is 0.389 e. The van der Waals surface area contributed by atoms with Gasteiger partial charge in [-0.25, -0.2) is 0 Å². The molecule has 3 nitrogen and oxygen atoms in total. The molecule has 6 heteroatoms. The summed E-state index contributed by atoms with van der Waals surface area (Å²) in [4.78, 5) is 0. The quantitative estimate of drug-likeness (QED) is 0.671. The van der Waals surface area contributed by atoms with Crippen molar-refractivity contribution in [2.75, 3.05) is 26.4 Å². The van der Waals surface area contributed by atoms with Crippen molar-refractivity contribution in [1.82, 2.24) is 5.32 Å². The van der Waals surface area contributed by atoms with Gasteiger partial charge in [-0.1, -0.05) is 19.1 Å². The SMILES string of the molecule is CCNCc1ccc(OCCOCCCC(F)(F)F)cc1. The minimum atomic E-state index is -4.10. The summed E-state index contributed by atoms with van der Waals surface area (Å²) in [7, 11) is 0. The summed E-state index contributed by atoms with van der Waals surface area (Å²) in [6.45, 7) is 4.51. The van der Waals surface area contributed by atoms with E-state index in [0.717, 1.165) is 18.8 Å². The molecule has 120 valence electrons. The van der Waals surface area contributed by atoms with Gasteiger partial charge in [-0.05, 0) is 30.7 Å². The molecule has 0 heterocycles. The second-order valence-electron chi connectivity index (χ2n) is 4.60. The molecule has 0 bridgehead atoms. The molecule has 0 aliphatic heterocycles. The van der Waals surface area contributed by atoms with Gasteiger partial charge in [0.2, 0.25) is 0 Å². The van der Waals surface area contributed by atoms with E-state index in [-0.39, 0.29) is 19.6 Å². The van der Waals surface area contributed by atoms with Crippen LogP contribution in [0.4, 0.5) is 13.2 Å². The monoisotopic (exact) mass is 305 g/mol. The fraction of sp³-hybridized carbons (Fsp3) is 0.600. The van der Waals surface area contributed by atoms with Crippen molar-refractivity contribution < 1.29 is 22.6 Å². The molecule has 0 radical (unpaired) electrons. The highest BCUT2D eigenvalue weighted by Gasteiger charge is 2.25. The van der Waals surface area contributed by atoms with Gasteiger partial charge < -0.3 is 14.8 Å². The average molecular weight is 305 g/mol. The number of rotatable bonds is 10. The van der Waals surface area contributed by atoms with Gasteiger partial charge in [-0.3, -0.25) is 0 Å². The number of nitrogens with one attached hydrogen (secondary N) is 1. The fourth-order valence-corrected chi connectivity index (χ4v) is 1.67. The van der Waals surface area contributed by atoms with E-state index in [1.807, 2.05) is 31.2 Å². The zero-order chi connectivity index (χ0) is 15.6. The summed E-state index contributed by atoms with van der Waals surface area (Å²) in [6.07, 6.45) is -4.92. The van der Waals surface area contributed by atoms with Crippen LogP contribution in [0.5, 0.6) is 5.75 Å². The third-order valence-corrected chi connectivity index (χ3v) is 2.75. The van der Waals surface area contributed by atoms with E-state index in [2.05, 4.69) is 5.32 Å². The molecular formula is C15H22F3NO2. The van der Waals surface area contributed by atoms with Crippen molar-refractivity contribution in [3.8, 4) is 5.75 Å². The van der Waals surface area contributed by atoms with E-state index in [1.54, 1.807) is 0 Å². The largest absolute Gasteiger partial charge is 0.491 e. The van der Waals surface area contributed by atoms with E-state index < -0.39 is 12.6 Å². The van der Waals surface area contributed by atoms with Crippen molar-refractivity contribution >= 4 is 0 Å². The minimum absolute atomic E-state index is 0.0113. The van der Waals surface area contributed by atoms with Gasteiger partial charge in [0.1, 0.15) is 12.4 Å². The molecule has 1 rings (SSSR count). The van der Waals surface area contributed by atoms with Crippen LogP contribution in [0.25, 0.3) is 0 Å². The molecule has 0 spiro atoms. The summed E-state index contributed by atoms with van der Waals surface area (Å²) in [5, 5.41) is 3.23. The first kappa shape index (κ1) is 17.8. The molecule has 0 amide bonds. The van der Waals surface area contributed by atoms with E-state index in [1.165, 1.54) is 5.56 Å². The van der Waals surface area contributed by atoms with Crippen LogP contribution in [0, 0.1) is 0 Å². The predicted octanol–water partition coefficient (Wildman–Crippen LogP) is 3.53. The second-order valence-corrected chi connectivity index (χ2v) is 4.60. The minimum Gasteiger partial charge on any atom is -0.491 e. The van der Waals surface area contributed by atoms with Crippen LogP contribution < -0.4 is 10.1 Å². The van der Waals surface area contributed by atoms with Crippen LogP contribution >= 0.6 is 0 Å². The van der Waals surface area contributed by atoms with Gasteiger partial charge in [0.25, 0.3) is 0 Å². The number of alkyl halides is 3. The van der Waals surface area contributed by atoms with E-state index >= 15 is 0 Å². The summed E-state index contributed by atoms with van der Waals surface area (Å²) < 4.78 is 46.2. The van der Waals surface area contributed by atoms with Gasteiger partial charge in [0.15, 0.2) is 0 Å². The lowest BCUT2D eigenvalue weighted by atomic mass is 10.2. The van der Waals surface area contributed by atoms with Crippen LogP contribution in [0.2, 0.25) is 0 Å². The molecule has 0 unspecified atom stereocenters. The lowest BCUT2D eigenvalue weighted by Gasteiger charge is -2.09. The number of hydrogen-bond donors (Lipinski definition) is 1. The lowest BCUT2D eigenvalue weighted by molar-refractivity contribution is -0.138. The smallest absolute Gasteiger partial charge is 0.389 e. The van der Waals surface area contributed by atoms with Crippen LogP contribution in [-0.4, -0.2) is 32.5 Å². The van der Waals surface area contributed by atoms with Gasteiger partial charge >= 0.3 is 6.18 Å². The molecule has 21 heavy (non-hydrogen) atoms. The van der Waals surface area contributed by atoms with Gasteiger partial charge in [-0.2, -0.15) is 13.2 Å². The van der Waals surface area contributed by atoms with Gasteiger partial charge in [0, 0.05) is 19.6 Å². The molecule has 0 saturated heterocycles. The van der Waals surface area contributed by atoms with Crippen molar-refractivity contribution in [2.45, 2.75) is 32.5 Å². The van der Waals surface area contributed by atoms with Crippen molar-refractivity contribution in [2.24, 2.45) is 0 Å². The first-order chi connectivity index (χ1) is 10.0. The number of hydrogen-bond acceptors (Lipinski definition) is 3. The number of halogens is 3. The molecule has 0 fully saturated rings. The van der Waals surface area contributed by atoms with Crippen LogP contribution in [0.3, 0.4) is 0 Å². The fourth-order valence-electron chi connectivity index (χ4n) is 1.67. The highest BCUT2D eigenvalue weighted by molar-refractivity contribution is 5.27. The average Bonchev–Trinajstić information content (AvgIpc) is 2.44. The number of benzene rings is 1.